The molecule has 0 aromatic heterocycles. The van der Waals surface area contributed by atoms with Crippen molar-refractivity contribution >= 4 is 5.69 Å². The average Bonchev–Trinajstić information content (AvgIpc) is 2.30. The predicted octanol–water partition coefficient (Wildman–Crippen LogP) is 2.81. The molecule has 1 unspecified atom stereocenters. The number of aryl methyl sites for hydroxylation is 1. The van der Waals surface area contributed by atoms with Gasteiger partial charge in [-0.05, 0) is 42.9 Å². The van der Waals surface area contributed by atoms with Crippen LogP contribution in [0, 0.1) is 18.3 Å². The molecule has 2 rings (SSSR count). The summed E-state index contributed by atoms with van der Waals surface area (Å²) in [5, 5.41) is 0. The Balaban J connectivity index is 2.18. The fraction of sp³-hybridized carbons (Fsp3) is 0.600. The number of hydrogen-bond acceptors (Lipinski definition) is 2. The fourth-order valence-corrected chi connectivity index (χ4v) is 2.76. The van der Waals surface area contributed by atoms with Crippen LogP contribution in [0.1, 0.15) is 25.8 Å². The Hall–Kier alpha value is -1.02. The standard InChI is InChI=1S/C15H24N2/c1-12-6-4-5-7-14(12)17-9-8-15(2,3)13(10-16)11-17/h4-7,13H,8-11,16H2,1-3H3. The van der Waals surface area contributed by atoms with Crippen molar-refractivity contribution in [1.82, 2.24) is 0 Å². The third-order valence-electron chi connectivity index (χ3n) is 4.31. The van der Waals surface area contributed by atoms with Crippen LogP contribution in [0.4, 0.5) is 5.69 Å². The van der Waals surface area contributed by atoms with E-state index in [9.17, 15) is 0 Å². The largest absolute Gasteiger partial charge is 0.371 e. The highest BCUT2D eigenvalue weighted by Gasteiger charge is 2.34. The molecule has 1 aromatic rings. The summed E-state index contributed by atoms with van der Waals surface area (Å²) >= 11 is 0. The summed E-state index contributed by atoms with van der Waals surface area (Å²) in [6.07, 6.45) is 1.23. The van der Waals surface area contributed by atoms with Crippen LogP contribution < -0.4 is 10.6 Å². The second kappa shape index (κ2) is 4.69. The van der Waals surface area contributed by atoms with Gasteiger partial charge in [0.1, 0.15) is 0 Å². The minimum Gasteiger partial charge on any atom is -0.371 e. The van der Waals surface area contributed by atoms with E-state index < -0.39 is 0 Å². The highest BCUT2D eigenvalue weighted by molar-refractivity contribution is 5.53. The molecule has 2 nitrogen and oxygen atoms in total. The zero-order valence-corrected chi connectivity index (χ0v) is 11.2. The summed E-state index contributed by atoms with van der Waals surface area (Å²) in [5.41, 5.74) is 9.05. The van der Waals surface area contributed by atoms with Gasteiger partial charge in [0.2, 0.25) is 0 Å². The smallest absolute Gasteiger partial charge is 0.0396 e. The fourth-order valence-electron chi connectivity index (χ4n) is 2.76. The molecule has 0 saturated carbocycles. The first-order chi connectivity index (χ1) is 8.04. The molecule has 0 spiro atoms. The topological polar surface area (TPSA) is 29.3 Å². The van der Waals surface area contributed by atoms with Crippen molar-refractivity contribution in [2.75, 3.05) is 24.5 Å². The van der Waals surface area contributed by atoms with Crippen LogP contribution >= 0.6 is 0 Å². The molecule has 0 radical (unpaired) electrons. The van der Waals surface area contributed by atoms with E-state index in [1.807, 2.05) is 0 Å². The molecule has 1 aliphatic rings. The molecule has 1 saturated heterocycles. The lowest BCUT2D eigenvalue weighted by molar-refractivity contribution is 0.177. The van der Waals surface area contributed by atoms with Crippen molar-refractivity contribution in [2.24, 2.45) is 17.1 Å². The van der Waals surface area contributed by atoms with Crippen LogP contribution in [0.25, 0.3) is 0 Å². The summed E-state index contributed by atoms with van der Waals surface area (Å²) in [5.74, 6) is 0.593. The first-order valence-electron chi connectivity index (χ1n) is 6.55. The Kier molecular flexibility index (Phi) is 3.43. The summed E-state index contributed by atoms with van der Waals surface area (Å²) in [6, 6.07) is 8.64. The Bertz CT molecular complexity index is 384. The zero-order chi connectivity index (χ0) is 12.5. The van der Waals surface area contributed by atoms with Gasteiger partial charge in [-0.2, -0.15) is 0 Å². The highest BCUT2D eigenvalue weighted by Crippen LogP contribution is 2.37. The van der Waals surface area contributed by atoms with E-state index in [2.05, 4.69) is 49.9 Å². The molecule has 0 aliphatic carbocycles. The van der Waals surface area contributed by atoms with Gasteiger partial charge in [-0.1, -0.05) is 32.0 Å². The Morgan fingerprint density at radius 2 is 2.06 bits per heavy atom. The van der Waals surface area contributed by atoms with E-state index in [4.69, 9.17) is 5.73 Å². The van der Waals surface area contributed by atoms with Gasteiger partial charge in [0.05, 0.1) is 0 Å². The molecule has 1 aromatic carbocycles. The molecular formula is C15H24N2. The maximum atomic E-state index is 5.93. The van der Waals surface area contributed by atoms with Crippen LogP contribution in [0.2, 0.25) is 0 Å². The number of nitrogens with two attached hydrogens (primary N) is 1. The minimum absolute atomic E-state index is 0.383. The van der Waals surface area contributed by atoms with Gasteiger partial charge in [-0.3, -0.25) is 0 Å². The van der Waals surface area contributed by atoms with E-state index >= 15 is 0 Å². The van der Waals surface area contributed by atoms with E-state index in [0.29, 0.717) is 11.3 Å². The maximum Gasteiger partial charge on any atom is 0.0396 e. The lowest BCUT2D eigenvalue weighted by Crippen LogP contribution is -2.47. The van der Waals surface area contributed by atoms with Crippen LogP contribution in [0.5, 0.6) is 0 Å². The third kappa shape index (κ3) is 2.47. The van der Waals surface area contributed by atoms with Crippen molar-refractivity contribution < 1.29 is 0 Å². The SMILES string of the molecule is Cc1ccccc1N1CCC(C)(C)C(CN)C1. The van der Waals surface area contributed by atoms with Crippen LogP contribution in [-0.2, 0) is 0 Å². The molecule has 17 heavy (non-hydrogen) atoms. The molecule has 1 aliphatic heterocycles. The third-order valence-corrected chi connectivity index (χ3v) is 4.31. The molecule has 1 atom stereocenters. The van der Waals surface area contributed by atoms with Crippen molar-refractivity contribution in [1.29, 1.82) is 0 Å². The molecular weight excluding hydrogens is 208 g/mol. The number of piperidine rings is 1. The Morgan fingerprint density at radius 1 is 1.35 bits per heavy atom. The monoisotopic (exact) mass is 232 g/mol. The normalized spacial score (nSPS) is 23.8. The Morgan fingerprint density at radius 3 is 2.71 bits per heavy atom. The second-order valence-corrected chi connectivity index (χ2v) is 5.90. The van der Waals surface area contributed by atoms with Crippen LogP contribution in [0.15, 0.2) is 24.3 Å². The number of hydrogen-bond donors (Lipinski definition) is 1. The van der Waals surface area contributed by atoms with Gasteiger partial charge in [0.15, 0.2) is 0 Å². The van der Waals surface area contributed by atoms with Crippen molar-refractivity contribution in [3.8, 4) is 0 Å². The zero-order valence-electron chi connectivity index (χ0n) is 11.2. The van der Waals surface area contributed by atoms with Gasteiger partial charge in [-0.25, -0.2) is 0 Å². The highest BCUT2D eigenvalue weighted by atomic mass is 15.1. The van der Waals surface area contributed by atoms with Gasteiger partial charge in [-0.15, -0.1) is 0 Å². The summed E-state index contributed by atoms with van der Waals surface area (Å²) < 4.78 is 0. The van der Waals surface area contributed by atoms with Gasteiger partial charge in [0.25, 0.3) is 0 Å². The van der Waals surface area contributed by atoms with Crippen LogP contribution in [-0.4, -0.2) is 19.6 Å². The molecule has 2 heteroatoms. The van der Waals surface area contributed by atoms with E-state index in [0.717, 1.165) is 19.6 Å². The molecule has 94 valence electrons. The average molecular weight is 232 g/mol. The minimum atomic E-state index is 0.383. The van der Waals surface area contributed by atoms with Crippen molar-refractivity contribution in [3.63, 3.8) is 0 Å². The second-order valence-electron chi connectivity index (χ2n) is 5.90. The lowest BCUT2D eigenvalue weighted by Gasteiger charge is -2.45. The number of benzene rings is 1. The number of para-hydroxylation sites is 1. The summed E-state index contributed by atoms with van der Waals surface area (Å²) in [7, 11) is 0. The maximum absolute atomic E-state index is 5.93. The van der Waals surface area contributed by atoms with Gasteiger partial charge in [0, 0.05) is 18.8 Å². The lowest BCUT2D eigenvalue weighted by atomic mass is 9.73. The van der Waals surface area contributed by atoms with E-state index in [1.165, 1.54) is 17.7 Å². The summed E-state index contributed by atoms with van der Waals surface area (Å²) in [4.78, 5) is 2.50. The van der Waals surface area contributed by atoms with Gasteiger partial charge < -0.3 is 10.6 Å². The summed E-state index contributed by atoms with van der Waals surface area (Å²) in [6.45, 7) is 9.91. The molecule has 0 bridgehead atoms. The van der Waals surface area contributed by atoms with Crippen molar-refractivity contribution in [2.45, 2.75) is 27.2 Å². The molecule has 0 amide bonds. The van der Waals surface area contributed by atoms with E-state index in [1.54, 1.807) is 0 Å². The molecule has 2 N–H and O–H groups in total. The van der Waals surface area contributed by atoms with E-state index in [-0.39, 0.29) is 0 Å². The first-order valence-corrected chi connectivity index (χ1v) is 6.55. The molecule has 1 heterocycles. The first kappa shape index (κ1) is 12.4. The Labute approximate surface area is 105 Å². The van der Waals surface area contributed by atoms with Crippen LogP contribution in [0.3, 0.4) is 0 Å². The van der Waals surface area contributed by atoms with Crippen molar-refractivity contribution in [3.05, 3.63) is 29.8 Å². The number of anilines is 1. The number of rotatable bonds is 2. The quantitative estimate of drug-likeness (QED) is 0.849. The number of nitrogens with zero attached hydrogens (tertiary/aromatic N) is 1. The van der Waals surface area contributed by atoms with Gasteiger partial charge >= 0.3 is 0 Å². The predicted molar refractivity (Wildman–Crippen MR) is 74.3 cm³/mol. The molecule has 1 fully saturated rings.